The minimum atomic E-state index is -4.84. The van der Waals surface area contributed by atoms with E-state index in [0.29, 0.717) is 4.52 Å². The molecule has 0 fully saturated rings. The van der Waals surface area contributed by atoms with Gasteiger partial charge in [-0.05, 0) is 13.0 Å². The van der Waals surface area contributed by atoms with Crippen molar-refractivity contribution in [2.45, 2.75) is 24.9 Å². The molecular formula is C19H13ClF5N9O. The molecule has 1 N–H and O–H groups in total. The maximum atomic E-state index is 14.2. The van der Waals surface area contributed by atoms with E-state index in [1.165, 1.54) is 24.7 Å². The van der Waals surface area contributed by atoms with E-state index in [4.69, 9.17) is 11.6 Å². The van der Waals surface area contributed by atoms with Crippen LogP contribution in [0.25, 0.3) is 11.5 Å². The molecule has 16 heteroatoms. The van der Waals surface area contributed by atoms with Gasteiger partial charge in [0.1, 0.15) is 11.1 Å². The third kappa shape index (κ3) is 3.62. The Balaban J connectivity index is 1.52. The number of hydrogen-bond acceptors (Lipinski definition) is 6. The summed E-state index contributed by atoms with van der Waals surface area (Å²) in [6.07, 6.45) is -2.79. The van der Waals surface area contributed by atoms with Crippen LogP contribution in [-0.2, 0) is 5.41 Å². The van der Waals surface area contributed by atoms with Gasteiger partial charge in [0.2, 0.25) is 0 Å². The van der Waals surface area contributed by atoms with Crippen LogP contribution in [0.1, 0.15) is 24.7 Å². The van der Waals surface area contributed by atoms with E-state index >= 15 is 0 Å². The van der Waals surface area contributed by atoms with Crippen molar-refractivity contribution in [3.05, 3.63) is 53.3 Å². The zero-order chi connectivity index (χ0) is 25.1. The van der Waals surface area contributed by atoms with E-state index in [1.54, 1.807) is 0 Å². The van der Waals surface area contributed by atoms with Crippen molar-refractivity contribution < 1.29 is 26.7 Å². The van der Waals surface area contributed by atoms with E-state index in [1.807, 2.05) is 0 Å². The van der Waals surface area contributed by atoms with Gasteiger partial charge in [-0.15, -0.1) is 4.80 Å². The van der Waals surface area contributed by atoms with E-state index in [2.05, 4.69) is 30.6 Å². The number of rotatable bonds is 3. The lowest BCUT2D eigenvalue weighted by molar-refractivity contribution is -0.181. The van der Waals surface area contributed by atoms with Crippen molar-refractivity contribution in [3.63, 3.8) is 0 Å². The Morgan fingerprint density at radius 3 is 2.51 bits per heavy atom. The number of pyridine rings is 1. The van der Waals surface area contributed by atoms with Crippen molar-refractivity contribution in [3.8, 4) is 5.82 Å². The number of halogens is 6. The summed E-state index contributed by atoms with van der Waals surface area (Å²) in [5.41, 5.74) is -4.16. The van der Waals surface area contributed by atoms with E-state index in [0.717, 1.165) is 28.9 Å². The van der Waals surface area contributed by atoms with Gasteiger partial charge in [0, 0.05) is 12.6 Å². The number of carbonyl (C=O) groups excluding carboxylic acids is 1. The molecule has 0 bridgehead atoms. The molecule has 0 radical (unpaired) electrons. The van der Waals surface area contributed by atoms with Gasteiger partial charge in [-0.2, -0.15) is 28.5 Å². The summed E-state index contributed by atoms with van der Waals surface area (Å²) in [6.45, 7) is 0.0331. The van der Waals surface area contributed by atoms with Crippen molar-refractivity contribution in [2.75, 3.05) is 16.8 Å². The molecule has 0 spiro atoms. The Morgan fingerprint density at radius 1 is 1.17 bits per heavy atom. The van der Waals surface area contributed by atoms with Crippen LogP contribution in [0.5, 0.6) is 0 Å². The molecular weight excluding hydrogens is 501 g/mol. The molecule has 2 amide bonds. The molecule has 5 rings (SSSR count). The Bertz CT molecular complexity index is 1440. The first-order valence-electron chi connectivity index (χ1n) is 9.84. The molecule has 1 aliphatic heterocycles. The lowest BCUT2D eigenvalue weighted by Crippen LogP contribution is -2.46. The van der Waals surface area contributed by atoms with Crippen LogP contribution in [0.4, 0.5) is 38.1 Å². The third-order valence-electron chi connectivity index (χ3n) is 5.55. The summed E-state index contributed by atoms with van der Waals surface area (Å²) >= 11 is 6.18. The topological polar surface area (TPSA) is 106 Å². The lowest BCUT2D eigenvalue weighted by Gasteiger charge is -2.28. The monoisotopic (exact) mass is 513 g/mol. The molecule has 1 aliphatic rings. The molecule has 1 atom stereocenters. The average Bonchev–Trinajstić information content (AvgIpc) is 3.51. The fraction of sp³-hybridized carbons (Fsp3) is 0.263. The fourth-order valence-electron chi connectivity index (χ4n) is 3.81. The molecule has 0 aromatic carbocycles. The van der Waals surface area contributed by atoms with Gasteiger partial charge in [-0.1, -0.05) is 11.6 Å². The summed E-state index contributed by atoms with van der Waals surface area (Å²) in [5, 5.41) is 13.9. The van der Waals surface area contributed by atoms with Crippen LogP contribution >= 0.6 is 11.6 Å². The van der Waals surface area contributed by atoms with Crippen LogP contribution in [0.2, 0.25) is 5.02 Å². The molecule has 35 heavy (non-hydrogen) atoms. The third-order valence-corrected chi connectivity index (χ3v) is 5.82. The Labute approximate surface area is 197 Å². The normalized spacial score (nSPS) is 17.9. The number of urea groups is 1. The Hall–Kier alpha value is -3.88. The molecule has 0 saturated heterocycles. The zero-order valence-corrected chi connectivity index (χ0v) is 18.3. The number of alkyl halides is 5. The summed E-state index contributed by atoms with van der Waals surface area (Å²) in [5.74, 6) is 0.172. The predicted octanol–water partition coefficient (Wildman–Crippen LogP) is 4.17. The second-order valence-electron chi connectivity index (χ2n) is 7.83. The highest BCUT2D eigenvalue weighted by molar-refractivity contribution is 6.32. The minimum Gasteiger partial charge on any atom is -0.306 e. The molecule has 182 valence electrons. The van der Waals surface area contributed by atoms with Gasteiger partial charge in [0.25, 0.3) is 6.43 Å². The van der Waals surface area contributed by atoms with Crippen LogP contribution < -0.4 is 10.2 Å². The number of nitrogens with zero attached hydrogens (tertiary/aromatic N) is 8. The van der Waals surface area contributed by atoms with Crippen LogP contribution in [-0.4, -0.2) is 53.3 Å². The molecule has 0 aliphatic carbocycles. The highest BCUT2D eigenvalue weighted by atomic mass is 35.5. The SMILES string of the molecule is CC1(C(F)(F)F)CN(C(=O)Nc2cnc(-n3nccn3)c(Cl)c2)c2cnc3cc(C(F)F)nn3c21. The highest BCUT2D eigenvalue weighted by Crippen LogP contribution is 2.50. The van der Waals surface area contributed by atoms with Crippen molar-refractivity contribution in [1.82, 2.24) is 34.6 Å². The maximum Gasteiger partial charge on any atom is 0.401 e. The first kappa shape index (κ1) is 22.9. The first-order chi connectivity index (χ1) is 16.5. The van der Waals surface area contributed by atoms with Crippen molar-refractivity contribution in [1.29, 1.82) is 0 Å². The summed E-state index contributed by atoms with van der Waals surface area (Å²) in [7, 11) is 0. The number of carbonyl (C=O) groups is 1. The van der Waals surface area contributed by atoms with Gasteiger partial charge in [0.05, 0.1) is 46.9 Å². The van der Waals surface area contributed by atoms with Gasteiger partial charge < -0.3 is 5.32 Å². The number of anilines is 2. The molecule has 10 nitrogen and oxygen atoms in total. The van der Waals surface area contributed by atoms with Gasteiger partial charge in [-0.25, -0.2) is 28.1 Å². The number of hydrogen-bond donors (Lipinski definition) is 1. The quantitative estimate of drug-likeness (QED) is 0.412. The Kier molecular flexibility index (Phi) is 5.12. The second-order valence-corrected chi connectivity index (χ2v) is 8.23. The van der Waals surface area contributed by atoms with Crippen LogP contribution in [0.3, 0.4) is 0 Å². The molecule has 5 heterocycles. The number of nitrogens with one attached hydrogen (secondary N) is 1. The van der Waals surface area contributed by atoms with Crippen LogP contribution in [0, 0.1) is 0 Å². The maximum absolute atomic E-state index is 14.2. The number of fused-ring (bicyclic) bond motifs is 3. The van der Waals surface area contributed by atoms with Gasteiger partial charge >= 0.3 is 12.2 Å². The van der Waals surface area contributed by atoms with Crippen LogP contribution in [0.15, 0.2) is 36.9 Å². The lowest BCUT2D eigenvalue weighted by atomic mass is 9.88. The van der Waals surface area contributed by atoms with Crippen molar-refractivity contribution >= 4 is 34.7 Å². The summed E-state index contributed by atoms with van der Waals surface area (Å²) < 4.78 is 69.6. The van der Waals surface area contributed by atoms with E-state index in [9.17, 15) is 26.7 Å². The smallest absolute Gasteiger partial charge is 0.306 e. The predicted molar refractivity (Wildman–Crippen MR) is 112 cm³/mol. The van der Waals surface area contributed by atoms with Crippen molar-refractivity contribution in [2.24, 2.45) is 0 Å². The molecule has 0 saturated carbocycles. The van der Waals surface area contributed by atoms with E-state index in [-0.39, 0.29) is 27.9 Å². The standard InChI is InChI=1S/C19H13ClF5N9O/c1-18(19(23,24)25)8-32(12-7-26-13-5-11(15(21)22)31-33(13)14(12)18)17(35)30-9-4-10(20)16(27-6-9)34-28-2-3-29-34/h2-7,15H,8H2,1H3,(H,30,35). The summed E-state index contributed by atoms with van der Waals surface area (Å²) in [4.78, 5) is 23.0. The average molecular weight is 514 g/mol. The summed E-state index contributed by atoms with van der Waals surface area (Å²) in [6, 6.07) is 1.28. The van der Waals surface area contributed by atoms with Gasteiger partial charge in [0.15, 0.2) is 11.5 Å². The highest BCUT2D eigenvalue weighted by Gasteiger charge is 2.60. The van der Waals surface area contributed by atoms with E-state index < -0.39 is 42.0 Å². The second kappa shape index (κ2) is 7.83. The minimum absolute atomic E-state index is 0.0698. The first-order valence-corrected chi connectivity index (χ1v) is 10.2. The molecule has 1 unspecified atom stereocenters. The number of aromatic nitrogens is 7. The Morgan fingerprint density at radius 2 is 1.89 bits per heavy atom. The number of amides is 2. The molecule has 4 aromatic rings. The molecule has 4 aromatic heterocycles. The largest absolute Gasteiger partial charge is 0.401 e. The van der Waals surface area contributed by atoms with Gasteiger partial charge in [-0.3, -0.25) is 4.90 Å². The zero-order valence-electron chi connectivity index (χ0n) is 17.5. The fourth-order valence-corrected chi connectivity index (χ4v) is 4.05.